The van der Waals surface area contributed by atoms with Crippen molar-refractivity contribution in [3.05, 3.63) is 0 Å². The van der Waals surface area contributed by atoms with Gasteiger partial charge in [-0.3, -0.25) is 9.79 Å². The largest absolute Gasteiger partial charge is 0.490 e. The average Bonchev–Trinajstić information content (AvgIpc) is 2.48. The number of amidine groups is 1. The Morgan fingerprint density at radius 2 is 1.88 bits per heavy atom. The summed E-state index contributed by atoms with van der Waals surface area (Å²) < 4.78 is 36.3. The summed E-state index contributed by atoms with van der Waals surface area (Å²) in [6, 6.07) is -0.634. The first-order valence-corrected chi connectivity index (χ1v) is 6.98. The Hall–Kier alpha value is -2.04. The highest BCUT2D eigenvalue weighted by molar-refractivity contribution is 6.27. The molecule has 0 rings (SSSR count). The van der Waals surface area contributed by atoms with Crippen molar-refractivity contribution in [3.63, 3.8) is 0 Å². The number of hydrogen-bond acceptors (Lipinski definition) is 5. The van der Waals surface area contributed by atoms with Gasteiger partial charge in [0.15, 0.2) is 0 Å². The predicted molar refractivity (Wildman–Crippen MR) is 79.8 cm³/mol. The van der Waals surface area contributed by atoms with Gasteiger partial charge >= 0.3 is 18.1 Å². The van der Waals surface area contributed by atoms with E-state index in [1.165, 1.54) is 14.0 Å². The Balaban J connectivity index is 0. The van der Waals surface area contributed by atoms with Crippen molar-refractivity contribution in [2.45, 2.75) is 32.0 Å². The van der Waals surface area contributed by atoms with Gasteiger partial charge < -0.3 is 20.9 Å². The number of alkyl halides is 4. The Kier molecular flexibility index (Phi) is 12.5. The van der Waals surface area contributed by atoms with E-state index in [9.17, 15) is 22.8 Å². The molecule has 0 aromatic heterocycles. The van der Waals surface area contributed by atoms with Crippen molar-refractivity contribution in [3.8, 4) is 0 Å². The molecule has 0 fully saturated rings. The zero-order chi connectivity index (χ0) is 19.3. The molecule has 0 aliphatic carbocycles. The molecule has 0 bridgehead atoms. The number of ether oxygens (including phenoxy) is 1. The van der Waals surface area contributed by atoms with E-state index < -0.39 is 24.2 Å². The van der Waals surface area contributed by atoms with Gasteiger partial charge in [-0.2, -0.15) is 13.2 Å². The summed E-state index contributed by atoms with van der Waals surface area (Å²) in [4.78, 5) is 35.1. The molecule has 12 heteroatoms. The normalized spacial score (nSPS) is 12.5. The molecule has 0 saturated heterocycles. The summed E-state index contributed by atoms with van der Waals surface area (Å²) in [5.41, 5.74) is 5.41. The summed E-state index contributed by atoms with van der Waals surface area (Å²) in [7, 11) is 1.28. The van der Waals surface area contributed by atoms with Crippen molar-refractivity contribution in [2.24, 2.45) is 10.7 Å². The van der Waals surface area contributed by atoms with Crippen molar-refractivity contribution in [2.75, 3.05) is 19.5 Å². The van der Waals surface area contributed by atoms with Crippen LogP contribution in [0.3, 0.4) is 0 Å². The first kappa shape index (κ1) is 24.2. The standard InChI is InChI=1S/C10H18ClN3O3.C2HF3O2/c1-7(15)14-8(10(16)17-2)4-3-5-13-9(12)6-11;3-2(4,5)1(6)7/h8H,3-6H2,1-2H3,(H2,12,13)(H,14,15);(H,6,7)/t8-;/m1./s1. The average molecular weight is 378 g/mol. The van der Waals surface area contributed by atoms with Crippen LogP contribution >= 0.6 is 11.6 Å². The number of nitrogens with zero attached hydrogens (tertiary/aromatic N) is 1. The van der Waals surface area contributed by atoms with Gasteiger partial charge in [0.2, 0.25) is 5.91 Å². The molecule has 0 saturated carbocycles. The molecule has 1 atom stereocenters. The van der Waals surface area contributed by atoms with Gasteiger partial charge in [0, 0.05) is 13.5 Å². The highest BCUT2D eigenvalue weighted by Crippen LogP contribution is 2.13. The fourth-order valence-electron chi connectivity index (χ4n) is 1.20. The highest BCUT2D eigenvalue weighted by Gasteiger charge is 2.38. The van der Waals surface area contributed by atoms with Crippen LogP contribution in [0.15, 0.2) is 4.99 Å². The fraction of sp³-hybridized carbons (Fsp3) is 0.667. The fourth-order valence-corrected chi connectivity index (χ4v) is 1.28. The first-order valence-electron chi connectivity index (χ1n) is 6.45. The number of carbonyl (C=O) groups excluding carboxylic acids is 2. The Morgan fingerprint density at radius 1 is 1.38 bits per heavy atom. The van der Waals surface area contributed by atoms with E-state index in [0.29, 0.717) is 25.2 Å². The molecule has 0 aliphatic rings. The molecule has 0 spiro atoms. The van der Waals surface area contributed by atoms with Crippen LogP contribution in [0, 0.1) is 0 Å². The number of methoxy groups -OCH3 is 1. The quantitative estimate of drug-likeness (QED) is 0.196. The van der Waals surface area contributed by atoms with Crippen LogP contribution in [-0.2, 0) is 19.1 Å². The minimum atomic E-state index is -5.08. The van der Waals surface area contributed by atoms with Crippen LogP contribution in [0.5, 0.6) is 0 Å². The lowest BCUT2D eigenvalue weighted by Gasteiger charge is -2.14. The maximum atomic E-state index is 11.3. The number of aliphatic carboxylic acids is 1. The number of halogens is 4. The van der Waals surface area contributed by atoms with E-state index >= 15 is 0 Å². The molecule has 0 aromatic rings. The van der Waals surface area contributed by atoms with Crippen LogP contribution in [-0.4, -0.2) is 60.5 Å². The highest BCUT2D eigenvalue weighted by atomic mass is 35.5. The monoisotopic (exact) mass is 377 g/mol. The number of nitrogens with one attached hydrogen (secondary N) is 1. The summed E-state index contributed by atoms with van der Waals surface area (Å²) in [6.07, 6.45) is -4.02. The smallest absolute Gasteiger partial charge is 0.475 e. The van der Waals surface area contributed by atoms with Gasteiger partial charge in [0.1, 0.15) is 11.9 Å². The molecular formula is C12H19ClF3N3O5. The van der Waals surface area contributed by atoms with Crippen LogP contribution in [0.2, 0.25) is 0 Å². The number of amides is 1. The number of carbonyl (C=O) groups is 3. The van der Waals surface area contributed by atoms with Crippen LogP contribution in [0.25, 0.3) is 0 Å². The predicted octanol–water partition coefficient (Wildman–Crippen LogP) is 0.674. The van der Waals surface area contributed by atoms with Crippen LogP contribution in [0.4, 0.5) is 13.2 Å². The van der Waals surface area contributed by atoms with Gasteiger partial charge in [-0.05, 0) is 12.8 Å². The molecule has 0 aliphatic heterocycles. The first-order chi connectivity index (χ1) is 10.9. The molecule has 24 heavy (non-hydrogen) atoms. The maximum Gasteiger partial charge on any atom is 0.490 e. The van der Waals surface area contributed by atoms with Gasteiger partial charge in [0.25, 0.3) is 0 Å². The van der Waals surface area contributed by atoms with E-state index in [0.717, 1.165) is 0 Å². The van der Waals surface area contributed by atoms with Crippen molar-refractivity contribution in [1.82, 2.24) is 5.32 Å². The zero-order valence-electron chi connectivity index (χ0n) is 13.0. The summed E-state index contributed by atoms with van der Waals surface area (Å²) in [5.74, 6) is -2.95. The molecule has 0 radical (unpaired) electrons. The van der Waals surface area contributed by atoms with E-state index in [1.54, 1.807) is 0 Å². The number of esters is 1. The van der Waals surface area contributed by atoms with Crippen molar-refractivity contribution < 1.29 is 37.4 Å². The molecule has 0 aromatic carbocycles. The third kappa shape index (κ3) is 13.6. The number of aliphatic imine (C=N–C) groups is 1. The lowest BCUT2D eigenvalue weighted by atomic mass is 10.1. The molecule has 140 valence electrons. The molecule has 0 unspecified atom stereocenters. The number of carboxylic acids is 1. The van der Waals surface area contributed by atoms with Gasteiger partial charge in [-0.15, -0.1) is 11.6 Å². The molecular weight excluding hydrogens is 359 g/mol. The van der Waals surface area contributed by atoms with E-state index in [1.807, 2.05) is 0 Å². The van der Waals surface area contributed by atoms with Crippen LogP contribution in [0.1, 0.15) is 19.8 Å². The second-order valence-electron chi connectivity index (χ2n) is 4.23. The van der Waals surface area contributed by atoms with Gasteiger partial charge in [-0.1, -0.05) is 0 Å². The molecule has 1 amide bonds. The van der Waals surface area contributed by atoms with E-state index in [2.05, 4.69) is 15.0 Å². The minimum absolute atomic E-state index is 0.187. The third-order valence-electron chi connectivity index (χ3n) is 2.21. The molecule has 8 nitrogen and oxygen atoms in total. The Bertz CT molecular complexity index is 458. The topological polar surface area (TPSA) is 131 Å². The Morgan fingerprint density at radius 3 is 2.21 bits per heavy atom. The lowest BCUT2D eigenvalue weighted by Crippen LogP contribution is -2.40. The Labute approximate surface area is 141 Å². The number of rotatable bonds is 7. The second-order valence-corrected chi connectivity index (χ2v) is 4.50. The summed E-state index contributed by atoms with van der Waals surface area (Å²) >= 11 is 5.45. The summed E-state index contributed by atoms with van der Waals surface area (Å²) in [5, 5.41) is 9.64. The third-order valence-corrected chi connectivity index (χ3v) is 2.48. The zero-order valence-corrected chi connectivity index (χ0v) is 13.8. The minimum Gasteiger partial charge on any atom is -0.475 e. The van der Waals surface area contributed by atoms with Gasteiger partial charge in [-0.25, -0.2) is 9.59 Å². The van der Waals surface area contributed by atoms with Crippen molar-refractivity contribution >= 4 is 35.3 Å². The second kappa shape index (κ2) is 12.4. The number of nitrogens with two attached hydrogens (primary N) is 1. The molecule has 0 heterocycles. The van der Waals surface area contributed by atoms with Gasteiger partial charge in [0.05, 0.1) is 13.0 Å². The SMILES string of the molecule is COC(=O)[C@@H](CCCN=C(N)CCl)NC(C)=O.O=C(O)C(F)(F)F. The molecule has 4 N–H and O–H groups in total. The maximum absolute atomic E-state index is 11.3. The number of hydrogen-bond donors (Lipinski definition) is 3. The number of carboxylic acid groups (broad SMARTS) is 1. The summed E-state index contributed by atoms with van der Waals surface area (Å²) in [6.45, 7) is 1.81. The van der Waals surface area contributed by atoms with E-state index in [-0.39, 0.29) is 11.8 Å². The lowest BCUT2D eigenvalue weighted by molar-refractivity contribution is -0.192. The van der Waals surface area contributed by atoms with Crippen LogP contribution < -0.4 is 11.1 Å². The van der Waals surface area contributed by atoms with E-state index in [4.69, 9.17) is 27.2 Å². The van der Waals surface area contributed by atoms with Crippen molar-refractivity contribution in [1.29, 1.82) is 0 Å².